The van der Waals surface area contributed by atoms with Gasteiger partial charge in [-0.1, -0.05) is 32.1 Å². The van der Waals surface area contributed by atoms with E-state index < -0.39 is 29.3 Å². The summed E-state index contributed by atoms with van der Waals surface area (Å²) in [5.41, 5.74) is 11.4. The molecule has 3 rings (SSSR count). The molecule has 0 aliphatic heterocycles. The van der Waals surface area contributed by atoms with E-state index in [2.05, 4.69) is 5.32 Å². The maximum Gasteiger partial charge on any atom is 0.249 e. The van der Waals surface area contributed by atoms with Crippen LogP contribution in [0.15, 0.2) is 70.4 Å². The van der Waals surface area contributed by atoms with E-state index >= 15 is 0 Å². The van der Waals surface area contributed by atoms with Gasteiger partial charge in [0.25, 0.3) is 0 Å². The molecule has 1 heterocycles. The number of nitrogens with one attached hydrogen (secondary N) is 1. The molecule has 10 heteroatoms. The number of primary amides is 2. The van der Waals surface area contributed by atoms with Crippen LogP contribution in [0.5, 0.6) is 5.75 Å². The molecule has 3 atom stereocenters. The first-order chi connectivity index (χ1) is 19.6. The average Bonchev–Trinajstić information content (AvgIpc) is 3.48. The maximum absolute atomic E-state index is 13.7. The average molecular weight is 567 g/mol. The summed E-state index contributed by atoms with van der Waals surface area (Å²) in [4.78, 5) is 41.2. The second-order valence-corrected chi connectivity index (χ2v) is 10.4. The minimum Gasteiger partial charge on any atom is -0.497 e. The molecule has 10 nitrogen and oxygen atoms in total. The Hall–Kier alpha value is -3.89. The van der Waals surface area contributed by atoms with Crippen LogP contribution in [0.3, 0.4) is 0 Å². The van der Waals surface area contributed by atoms with E-state index in [-0.39, 0.29) is 36.4 Å². The van der Waals surface area contributed by atoms with E-state index in [0.29, 0.717) is 31.1 Å². The molecule has 0 radical (unpaired) electrons. The van der Waals surface area contributed by atoms with Crippen molar-refractivity contribution < 1.29 is 28.6 Å². The number of hydrogen-bond acceptors (Lipinski definition) is 7. The van der Waals surface area contributed by atoms with Gasteiger partial charge in [-0.15, -0.1) is 0 Å². The molecule has 1 unspecified atom stereocenters. The van der Waals surface area contributed by atoms with E-state index in [1.807, 2.05) is 38.1 Å². The van der Waals surface area contributed by atoms with Crippen LogP contribution in [0.1, 0.15) is 44.4 Å². The van der Waals surface area contributed by atoms with E-state index in [9.17, 15) is 19.5 Å². The van der Waals surface area contributed by atoms with Crippen LogP contribution in [-0.2, 0) is 27.3 Å². The van der Waals surface area contributed by atoms with E-state index in [1.165, 1.54) is 18.4 Å². The van der Waals surface area contributed by atoms with Crippen LogP contribution in [0, 0.1) is 11.3 Å². The third-order valence-electron chi connectivity index (χ3n) is 7.46. The number of amides is 3. The Bertz CT molecular complexity index is 1250. The van der Waals surface area contributed by atoms with Gasteiger partial charge in [0.1, 0.15) is 11.5 Å². The number of aliphatic hydroxyl groups excluding tert-OH is 1. The van der Waals surface area contributed by atoms with Crippen LogP contribution in [0.4, 0.5) is 0 Å². The van der Waals surface area contributed by atoms with Gasteiger partial charge in [-0.3, -0.25) is 14.4 Å². The lowest BCUT2D eigenvalue weighted by atomic mass is 9.63. The van der Waals surface area contributed by atoms with Gasteiger partial charge in [-0.25, -0.2) is 0 Å². The van der Waals surface area contributed by atoms with Crippen molar-refractivity contribution >= 4 is 17.7 Å². The topological polar surface area (TPSA) is 161 Å². The Morgan fingerprint density at radius 2 is 1.88 bits per heavy atom. The molecule has 0 saturated carbocycles. The zero-order chi connectivity index (χ0) is 30.0. The van der Waals surface area contributed by atoms with Gasteiger partial charge in [0, 0.05) is 49.7 Å². The first-order valence-electron chi connectivity index (χ1n) is 14.0. The highest BCUT2D eigenvalue weighted by Crippen LogP contribution is 2.44. The summed E-state index contributed by atoms with van der Waals surface area (Å²) in [7, 11) is 1.59. The van der Waals surface area contributed by atoms with Crippen molar-refractivity contribution in [2.24, 2.45) is 22.8 Å². The minimum atomic E-state index is -1.59. The van der Waals surface area contributed by atoms with Crippen molar-refractivity contribution in [3.8, 4) is 5.75 Å². The normalized spacial score (nSPS) is 18.1. The lowest BCUT2D eigenvalue weighted by Gasteiger charge is -2.41. The second-order valence-electron chi connectivity index (χ2n) is 10.4. The maximum atomic E-state index is 13.7. The number of benzene rings is 1. The van der Waals surface area contributed by atoms with Crippen molar-refractivity contribution in [3.63, 3.8) is 0 Å². The lowest BCUT2D eigenvalue weighted by Crippen LogP contribution is -2.52. The van der Waals surface area contributed by atoms with Crippen molar-refractivity contribution in [2.45, 2.75) is 52.2 Å². The number of carbonyl (C=O) groups is 3. The summed E-state index contributed by atoms with van der Waals surface area (Å²) in [6.07, 6.45) is 4.81. The van der Waals surface area contributed by atoms with E-state index in [4.69, 9.17) is 20.6 Å². The Balaban J connectivity index is 1.98. The lowest BCUT2D eigenvalue weighted by molar-refractivity contribution is -0.132. The molecule has 0 fully saturated rings. The zero-order valence-corrected chi connectivity index (χ0v) is 24.1. The Labute approximate surface area is 241 Å². The highest BCUT2D eigenvalue weighted by Gasteiger charge is 2.49. The van der Waals surface area contributed by atoms with Gasteiger partial charge in [0.2, 0.25) is 17.7 Å². The van der Waals surface area contributed by atoms with Gasteiger partial charge in [0.15, 0.2) is 0 Å². The molecule has 1 aromatic heterocycles. The summed E-state index contributed by atoms with van der Waals surface area (Å²) >= 11 is 0. The largest absolute Gasteiger partial charge is 0.497 e. The fourth-order valence-corrected chi connectivity index (χ4v) is 5.44. The molecule has 3 amide bonds. The Kier molecular flexibility index (Phi) is 11.3. The van der Waals surface area contributed by atoms with Gasteiger partial charge < -0.3 is 35.9 Å². The third-order valence-corrected chi connectivity index (χ3v) is 7.46. The number of nitrogens with two attached hydrogens (primary N) is 2. The van der Waals surface area contributed by atoms with E-state index in [0.717, 1.165) is 18.4 Å². The fraction of sp³-hybridized carbons (Fsp3) is 0.452. The fourth-order valence-electron chi connectivity index (χ4n) is 5.44. The zero-order valence-electron chi connectivity index (χ0n) is 24.1. The smallest absolute Gasteiger partial charge is 0.249 e. The summed E-state index contributed by atoms with van der Waals surface area (Å²) in [6, 6.07) is 11.0. The van der Waals surface area contributed by atoms with Crippen molar-refractivity contribution in [1.29, 1.82) is 0 Å². The molecule has 2 aromatic rings. The molecule has 222 valence electrons. The molecule has 0 spiro atoms. The summed E-state index contributed by atoms with van der Waals surface area (Å²) in [5, 5.41) is 14.8. The summed E-state index contributed by atoms with van der Waals surface area (Å²) in [6.45, 7) is 5.53. The molecule has 1 aliphatic rings. The summed E-state index contributed by atoms with van der Waals surface area (Å²) < 4.78 is 10.9. The Morgan fingerprint density at radius 3 is 2.46 bits per heavy atom. The molecular weight excluding hydrogens is 524 g/mol. The van der Waals surface area contributed by atoms with Crippen molar-refractivity contribution in [3.05, 3.63) is 77.3 Å². The number of rotatable bonds is 16. The highest BCUT2D eigenvalue weighted by molar-refractivity contribution is 6.03. The van der Waals surface area contributed by atoms with Crippen molar-refractivity contribution in [2.75, 3.05) is 26.7 Å². The third kappa shape index (κ3) is 7.86. The molecule has 41 heavy (non-hydrogen) atoms. The number of carbonyl (C=O) groups excluding carboxylic acids is 3. The molecular formula is C31H42N4O6. The molecule has 0 saturated heterocycles. The number of ether oxygens (including phenoxy) is 1. The number of methoxy groups -OCH3 is 1. The van der Waals surface area contributed by atoms with Crippen LogP contribution >= 0.6 is 0 Å². The molecule has 0 bridgehead atoms. The quantitative estimate of drug-likeness (QED) is 0.243. The predicted molar refractivity (Wildman–Crippen MR) is 155 cm³/mol. The van der Waals surface area contributed by atoms with Crippen LogP contribution in [0.2, 0.25) is 0 Å². The monoisotopic (exact) mass is 566 g/mol. The second kappa shape index (κ2) is 14.7. The first-order valence-corrected chi connectivity index (χ1v) is 14.0. The minimum absolute atomic E-state index is 0.00679. The van der Waals surface area contributed by atoms with Crippen molar-refractivity contribution in [1.82, 2.24) is 10.2 Å². The van der Waals surface area contributed by atoms with Crippen LogP contribution in [-0.4, -0.2) is 60.6 Å². The standard InChI is InChI=1S/C31H42N4O6/c1-4-11-35(12-5-2)29(38)23-15-22(28(32)37)17-31(18-23,30(33)39)26(16-25-10-7-13-41-25)27(36)20-34-19-21-8-6-9-24(14-21)40-3/h6-10,13-15,17,26-27,34,36H,4-5,11-12,16,18-20H2,1-3H3,(H2,32,37)(H2,33,39)/t26-,27+,31?/m1/s1. The van der Waals surface area contributed by atoms with E-state index in [1.54, 1.807) is 24.1 Å². The van der Waals surface area contributed by atoms with Crippen LogP contribution in [0.25, 0.3) is 0 Å². The summed E-state index contributed by atoms with van der Waals surface area (Å²) in [5.74, 6) is -1.45. The van der Waals surface area contributed by atoms with Gasteiger partial charge >= 0.3 is 0 Å². The molecule has 6 N–H and O–H groups in total. The molecule has 1 aliphatic carbocycles. The van der Waals surface area contributed by atoms with Gasteiger partial charge in [0.05, 0.1) is 24.9 Å². The van der Waals surface area contributed by atoms with Crippen LogP contribution < -0.4 is 21.5 Å². The number of furan rings is 1. The highest BCUT2D eigenvalue weighted by atomic mass is 16.5. The molecule has 1 aromatic carbocycles. The SMILES string of the molecule is CCCN(CCC)C(=O)C1=CC(C(N)=O)=CC(C(N)=O)([C@H](Cc2ccco2)[C@@H](O)CNCc2cccc(OC)c2)C1. The number of aliphatic hydroxyl groups is 1. The first kappa shape index (κ1) is 31.6. The Morgan fingerprint density at radius 1 is 1.15 bits per heavy atom. The number of hydrogen-bond donors (Lipinski definition) is 4. The predicted octanol–water partition coefficient (Wildman–Crippen LogP) is 2.46. The van der Waals surface area contributed by atoms with Gasteiger partial charge in [-0.05, 0) is 55.2 Å². The number of nitrogens with zero attached hydrogens (tertiary/aromatic N) is 1. The van der Waals surface area contributed by atoms with Gasteiger partial charge in [-0.2, -0.15) is 0 Å².